The van der Waals surface area contributed by atoms with Crippen LogP contribution in [-0.4, -0.2) is 47.3 Å². The molecule has 1 unspecified atom stereocenters. The minimum Gasteiger partial charge on any atom is -0.381 e. The van der Waals surface area contributed by atoms with Crippen molar-refractivity contribution < 1.29 is 14.1 Å². The Morgan fingerprint density at radius 3 is 3.00 bits per heavy atom. The van der Waals surface area contributed by atoms with E-state index in [0.717, 1.165) is 56.4 Å². The molecule has 0 bridgehead atoms. The van der Waals surface area contributed by atoms with Crippen molar-refractivity contribution in [2.24, 2.45) is 17.8 Å². The van der Waals surface area contributed by atoms with Crippen LogP contribution >= 0.6 is 0 Å². The largest absolute Gasteiger partial charge is 0.381 e. The van der Waals surface area contributed by atoms with Gasteiger partial charge in [0, 0.05) is 26.1 Å². The molecule has 0 N–H and O–H groups in total. The quantitative estimate of drug-likeness (QED) is 0.843. The molecular formula is C18H25N3O3. The first-order valence-electron chi connectivity index (χ1n) is 9.44. The third kappa shape index (κ3) is 2.38. The second kappa shape index (κ2) is 5.55. The highest BCUT2D eigenvalue weighted by Gasteiger charge is 2.55. The monoisotopic (exact) mass is 331 g/mol. The predicted molar refractivity (Wildman–Crippen MR) is 85.3 cm³/mol. The van der Waals surface area contributed by atoms with Crippen LogP contribution in [0.15, 0.2) is 4.52 Å². The third-order valence-corrected chi connectivity index (χ3v) is 6.52. The van der Waals surface area contributed by atoms with Crippen LogP contribution in [0.2, 0.25) is 0 Å². The normalized spacial score (nSPS) is 35.6. The van der Waals surface area contributed by atoms with Gasteiger partial charge in [-0.2, -0.15) is 4.98 Å². The first kappa shape index (κ1) is 14.9. The van der Waals surface area contributed by atoms with Gasteiger partial charge in [-0.25, -0.2) is 0 Å². The Morgan fingerprint density at radius 1 is 1.29 bits per heavy atom. The summed E-state index contributed by atoms with van der Waals surface area (Å²) in [4.78, 5) is 19.6. The molecule has 1 aromatic rings. The van der Waals surface area contributed by atoms with Gasteiger partial charge in [-0.1, -0.05) is 11.6 Å². The fourth-order valence-electron chi connectivity index (χ4n) is 4.91. The summed E-state index contributed by atoms with van der Waals surface area (Å²) in [5, 5.41) is 4.23. The SMILES string of the molecule is O=C(C1CCOC1)N1C[C@H]2CCC[C@@]2(c2nc(CC3CC3)no2)C1. The van der Waals surface area contributed by atoms with Crippen LogP contribution < -0.4 is 0 Å². The Labute approximate surface area is 141 Å². The van der Waals surface area contributed by atoms with E-state index in [1.54, 1.807) is 0 Å². The second-order valence-electron chi connectivity index (χ2n) is 8.19. The first-order valence-corrected chi connectivity index (χ1v) is 9.44. The van der Waals surface area contributed by atoms with Crippen LogP contribution in [0.3, 0.4) is 0 Å². The van der Waals surface area contributed by atoms with Crippen molar-refractivity contribution in [1.29, 1.82) is 0 Å². The number of ether oxygens (including phenoxy) is 1. The molecule has 5 rings (SSSR count). The number of likely N-dealkylation sites (tertiary alicyclic amines) is 1. The highest BCUT2D eigenvalue weighted by atomic mass is 16.5. The van der Waals surface area contributed by atoms with Crippen molar-refractivity contribution in [2.75, 3.05) is 26.3 Å². The number of rotatable bonds is 4. The standard InChI is InChI=1S/C18H25N3O3/c22-16(13-5-7-23-10-13)21-9-14-2-1-6-18(14,11-21)17-19-15(20-24-17)8-12-3-4-12/h12-14H,1-11H2/t13?,14-,18-/m1/s1. The van der Waals surface area contributed by atoms with Crippen molar-refractivity contribution >= 4 is 5.91 Å². The molecule has 1 aromatic heterocycles. The number of aromatic nitrogens is 2. The van der Waals surface area contributed by atoms with Crippen molar-refractivity contribution in [2.45, 2.75) is 50.4 Å². The lowest BCUT2D eigenvalue weighted by Gasteiger charge is -2.25. The van der Waals surface area contributed by atoms with Crippen LogP contribution in [-0.2, 0) is 21.4 Å². The molecule has 0 spiro atoms. The maximum atomic E-state index is 12.8. The zero-order valence-corrected chi connectivity index (χ0v) is 14.1. The molecule has 130 valence electrons. The zero-order chi connectivity index (χ0) is 16.1. The number of nitrogens with zero attached hydrogens (tertiary/aromatic N) is 3. The molecule has 2 aliphatic carbocycles. The van der Waals surface area contributed by atoms with Crippen LogP contribution in [0.25, 0.3) is 0 Å². The molecule has 6 heteroatoms. The summed E-state index contributed by atoms with van der Waals surface area (Å²) in [6.45, 7) is 2.89. The molecule has 3 atom stereocenters. The van der Waals surface area contributed by atoms with Gasteiger partial charge in [0.1, 0.15) is 0 Å². The van der Waals surface area contributed by atoms with Gasteiger partial charge in [-0.15, -0.1) is 0 Å². The fraction of sp³-hybridized carbons (Fsp3) is 0.833. The van der Waals surface area contributed by atoms with Crippen molar-refractivity contribution in [3.05, 3.63) is 11.7 Å². The van der Waals surface area contributed by atoms with Gasteiger partial charge in [-0.3, -0.25) is 4.79 Å². The van der Waals surface area contributed by atoms with Crippen molar-refractivity contribution in [3.8, 4) is 0 Å². The van der Waals surface area contributed by atoms with E-state index in [-0.39, 0.29) is 17.2 Å². The summed E-state index contributed by atoms with van der Waals surface area (Å²) in [6.07, 6.45) is 7.82. The predicted octanol–water partition coefficient (Wildman–Crippen LogP) is 1.94. The number of fused-ring (bicyclic) bond motifs is 1. The number of carbonyl (C=O) groups excluding carboxylic acids is 1. The summed E-state index contributed by atoms with van der Waals surface area (Å²) in [7, 11) is 0. The van der Waals surface area contributed by atoms with Gasteiger partial charge in [0.15, 0.2) is 5.82 Å². The first-order chi connectivity index (χ1) is 11.7. The molecule has 3 heterocycles. The zero-order valence-electron chi connectivity index (χ0n) is 14.1. The summed E-state index contributed by atoms with van der Waals surface area (Å²) in [5.41, 5.74) is -0.0933. The Hall–Kier alpha value is -1.43. The minimum atomic E-state index is -0.0933. The fourth-order valence-corrected chi connectivity index (χ4v) is 4.91. The molecule has 4 aliphatic rings. The maximum absolute atomic E-state index is 12.8. The van der Waals surface area contributed by atoms with Gasteiger partial charge in [-0.05, 0) is 43.9 Å². The molecule has 4 fully saturated rings. The summed E-state index contributed by atoms with van der Waals surface area (Å²) < 4.78 is 11.1. The van der Waals surface area contributed by atoms with E-state index in [1.807, 2.05) is 4.90 Å². The van der Waals surface area contributed by atoms with E-state index >= 15 is 0 Å². The maximum Gasteiger partial charge on any atom is 0.235 e. The lowest BCUT2D eigenvalue weighted by molar-refractivity contribution is -0.134. The Kier molecular flexibility index (Phi) is 3.44. The average molecular weight is 331 g/mol. The molecule has 1 amide bonds. The van der Waals surface area contributed by atoms with Crippen LogP contribution in [0.4, 0.5) is 0 Å². The highest BCUT2D eigenvalue weighted by molar-refractivity contribution is 5.79. The van der Waals surface area contributed by atoms with Gasteiger partial charge < -0.3 is 14.2 Å². The minimum absolute atomic E-state index is 0.0500. The Balaban J connectivity index is 1.36. The molecule has 2 saturated heterocycles. The number of hydrogen-bond donors (Lipinski definition) is 0. The molecule has 2 aliphatic heterocycles. The van der Waals surface area contributed by atoms with Crippen LogP contribution in [0.1, 0.15) is 50.2 Å². The van der Waals surface area contributed by atoms with E-state index in [1.165, 1.54) is 19.3 Å². The lowest BCUT2D eigenvalue weighted by atomic mass is 9.80. The number of amides is 1. The highest BCUT2D eigenvalue weighted by Crippen LogP contribution is 2.50. The molecular weight excluding hydrogens is 306 g/mol. The van der Waals surface area contributed by atoms with E-state index in [4.69, 9.17) is 14.2 Å². The second-order valence-corrected chi connectivity index (χ2v) is 8.19. The van der Waals surface area contributed by atoms with Gasteiger partial charge in [0.05, 0.1) is 17.9 Å². The molecule has 6 nitrogen and oxygen atoms in total. The van der Waals surface area contributed by atoms with E-state index in [2.05, 4.69) is 5.16 Å². The van der Waals surface area contributed by atoms with Gasteiger partial charge in [0.2, 0.25) is 11.8 Å². The average Bonchev–Trinajstić information content (AvgIpc) is 3.04. The van der Waals surface area contributed by atoms with Crippen LogP contribution in [0.5, 0.6) is 0 Å². The Bertz CT molecular complexity index is 635. The summed E-state index contributed by atoms with van der Waals surface area (Å²) in [6, 6.07) is 0. The third-order valence-electron chi connectivity index (χ3n) is 6.52. The van der Waals surface area contributed by atoms with Crippen molar-refractivity contribution in [3.63, 3.8) is 0 Å². The van der Waals surface area contributed by atoms with Crippen LogP contribution in [0, 0.1) is 17.8 Å². The molecule has 24 heavy (non-hydrogen) atoms. The lowest BCUT2D eigenvalue weighted by Crippen LogP contribution is -2.38. The van der Waals surface area contributed by atoms with E-state index < -0.39 is 0 Å². The smallest absolute Gasteiger partial charge is 0.235 e. The topological polar surface area (TPSA) is 68.5 Å². The van der Waals surface area contributed by atoms with E-state index in [0.29, 0.717) is 19.1 Å². The molecule has 0 aromatic carbocycles. The Morgan fingerprint density at radius 2 is 2.21 bits per heavy atom. The summed E-state index contributed by atoms with van der Waals surface area (Å²) >= 11 is 0. The number of carbonyl (C=O) groups is 1. The molecule has 2 saturated carbocycles. The molecule has 0 radical (unpaired) electrons. The number of hydrogen-bond acceptors (Lipinski definition) is 5. The van der Waals surface area contributed by atoms with Gasteiger partial charge >= 0.3 is 0 Å². The summed E-state index contributed by atoms with van der Waals surface area (Å²) in [5.74, 6) is 3.20. The van der Waals surface area contributed by atoms with Gasteiger partial charge in [0.25, 0.3) is 0 Å². The van der Waals surface area contributed by atoms with E-state index in [9.17, 15) is 4.79 Å². The van der Waals surface area contributed by atoms with Crippen molar-refractivity contribution in [1.82, 2.24) is 15.0 Å².